The van der Waals surface area contributed by atoms with Crippen LogP contribution in [0.1, 0.15) is 199 Å². The van der Waals surface area contributed by atoms with Crippen molar-refractivity contribution in [3.05, 3.63) is 140 Å². The number of hydrogen-bond donors (Lipinski definition) is 2. The molecule has 0 aliphatic carbocycles. The van der Waals surface area contributed by atoms with E-state index in [0.717, 1.165) is 123 Å². The van der Waals surface area contributed by atoms with Crippen molar-refractivity contribution in [3.8, 4) is 21.4 Å². The van der Waals surface area contributed by atoms with Gasteiger partial charge in [0.05, 0.1) is 22.3 Å². The summed E-state index contributed by atoms with van der Waals surface area (Å²) in [6.07, 6.45) is 23.9. The molecule has 12 heterocycles. The van der Waals surface area contributed by atoms with Gasteiger partial charge in [0.25, 0.3) is 0 Å². The smallest absolute Gasteiger partial charge is 0.337 e. The lowest BCUT2D eigenvalue weighted by Gasteiger charge is -2.41. The number of carboxylic acids is 2. The summed E-state index contributed by atoms with van der Waals surface area (Å²) in [4.78, 5) is 51.8. The van der Waals surface area contributed by atoms with E-state index in [1.54, 1.807) is 22.7 Å². The quantitative estimate of drug-likeness (QED) is 0.150. The molecule has 12 bridgehead atoms. The number of benzene rings is 2. The average Bonchev–Trinajstić information content (AvgIpc) is 1.85. The number of anilines is 2. The number of piperidine rings is 2. The van der Waals surface area contributed by atoms with Gasteiger partial charge in [-0.15, -0.1) is 22.7 Å². The van der Waals surface area contributed by atoms with E-state index in [9.17, 15) is 19.8 Å². The molecule has 0 spiro atoms. The summed E-state index contributed by atoms with van der Waals surface area (Å²) >= 11 is 3.32. The summed E-state index contributed by atoms with van der Waals surface area (Å²) in [7, 11) is 0. The Morgan fingerprint density at radius 2 is 1.01 bits per heavy atom. The van der Waals surface area contributed by atoms with E-state index >= 15 is 0 Å². The predicted molar refractivity (Wildman–Crippen MR) is 351 cm³/mol. The highest BCUT2D eigenvalue weighted by Gasteiger charge is 2.40. The SMILES string of the molecule is Cc1nc2cc3nn2c(c1[C@H](OC(C)(C)C)C(=O)O)N1CCC(C)(/C=C/CCCCc2ccccc2Cc2cnc-3s2)CC1.Cc1nc2cc3nn2c(c1[C@H](OC(C)(C)C)C(=O)O)N1CCC(C)(CCCCCCc2ccccc2Cc2cnc-3s2)CC1. The maximum Gasteiger partial charge on any atom is 0.337 e. The fourth-order valence-corrected chi connectivity index (χ4v) is 15.0. The van der Waals surface area contributed by atoms with Crippen LogP contribution in [0.4, 0.5) is 11.6 Å². The van der Waals surface area contributed by atoms with Crippen molar-refractivity contribution in [2.24, 2.45) is 10.8 Å². The minimum Gasteiger partial charge on any atom is -0.479 e. The molecule has 88 heavy (non-hydrogen) atoms. The number of allylic oxidation sites excluding steroid dienone is 2. The van der Waals surface area contributed by atoms with Gasteiger partial charge in [-0.05, 0) is 159 Å². The van der Waals surface area contributed by atoms with Gasteiger partial charge in [0.1, 0.15) is 33.0 Å². The molecule has 14 rings (SSSR count). The molecule has 8 aromatic rings. The van der Waals surface area contributed by atoms with E-state index in [4.69, 9.17) is 39.6 Å². The van der Waals surface area contributed by atoms with Crippen molar-refractivity contribution < 1.29 is 29.3 Å². The van der Waals surface area contributed by atoms with Crippen molar-refractivity contribution in [3.63, 3.8) is 0 Å². The number of rotatable bonds is 6. The lowest BCUT2D eigenvalue weighted by atomic mass is 9.76. The van der Waals surface area contributed by atoms with Gasteiger partial charge in [0, 0.05) is 84.7 Å². The van der Waals surface area contributed by atoms with Crippen LogP contribution in [0.2, 0.25) is 0 Å². The Hall–Kier alpha value is -6.86. The van der Waals surface area contributed by atoms with Gasteiger partial charge in [-0.25, -0.2) is 29.5 Å². The minimum absolute atomic E-state index is 0.0892. The number of aliphatic carboxylic acids is 2. The molecule has 0 radical (unpaired) electrons. The Labute approximate surface area is 526 Å². The van der Waals surface area contributed by atoms with Crippen LogP contribution < -0.4 is 9.80 Å². The van der Waals surface area contributed by atoms with E-state index in [2.05, 4.69) is 84.3 Å². The second kappa shape index (κ2) is 25.9. The molecule has 6 aliphatic heterocycles. The molecule has 18 heteroatoms. The molecule has 0 unspecified atom stereocenters. The average molecular weight is 1230 g/mol. The fraction of sp³-hybridized carbons (Fsp3) is 0.514. The molecule has 2 N–H and O–H groups in total. The summed E-state index contributed by atoms with van der Waals surface area (Å²) in [5.41, 5.74) is 9.89. The number of carbonyl (C=O) groups is 2. The molecule has 0 amide bonds. The summed E-state index contributed by atoms with van der Waals surface area (Å²) in [6, 6.07) is 21.5. The van der Waals surface area contributed by atoms with Gasteiger partial charge in [-0.3, -0.25) is 0 Å². The Kier molecular flexibility index (Phi) is 18.5. The topological polar surface area (TPSA) is 186 Å². The number of thiazole rings is 2. The number of aryl methyl sites for hydroxylation is 4. The number of aromatic nitrogens is 8. The fourth-order valence-electron chi connectivity index (χ4n) is 13.2. The standard InChI is InChI=1S/C35H45N5O3S.C35H43N5O3S/c2*1-23-29(30(33(41)42)43-34(2,3)4)32-39-18-16-35(5,17-19-39)15-11-7-6-8-12-24-13-9-10-14-25(24)20-26-22-36-31(44-26)27-21-28(37-23)40(32)38-27/h9-10,13-14,21-22,30H,6-8,11-12,15-20H2,1-5H3,(H,41,42);9-11,13-15,21-22,30H,6-8,12,16-20H2,1-5H3,(H,41,42)/b;15-11+/t2*30-/m00/s1. The van der Waals surface area contributed by atoms with Crippen molar-refractivity contribution in [2.45, 2.75) is 195 Å². The van der Waals surface area contributed by atoms with Gasteiger partial charge in [-0.1, -0.05) is 93.8 Å². The van der Waals surface area contributed by atoms with E-state index in [-0.39, 0.29) is 10.8 Å². The Balaban J connectivity index is 0.000000182. The molecule has 2 atom stereocenters. The molecule has 466 valence electrons. The van der Waals surface area contributed by atoms with Crippen molar-refractivity contribution in [1.29, 1.82) is 0 Å². The van der Waals surface area contributed by atoms with Crippen molar-refractivity contribution in [1.82, 2.24) is 39.2 Å². The van der Waals surface area contributed by atoms with Crippen LogP contribution in [0, 0.1) is 24.7 Å². The normalized spacial score (nSPS) is 18.5. The lowest BCUT2D eigenvalue weighted by molar-refractivity contribution is -0.161. The summed E-state index contributed by atoms with van der Waals surface area (Å²) in [6.45, 7) is 23.1. The Bertz CT molecular complexity index is 3830. The number of ether oxygens (including phenoxy) is 2. The second-order valence-electron chi connectivity index (χ2n) is 27.5. The third-order valence-corrected chi connectivity index (χ3v) is 20.1. The Morgan fingerprint density at radius 3 is 1.47 bits per heavy atom. The lowest BCUT2D eigenvalue weighted by Crippen LogP contribution is -2.41. The van der Waals surface area contributed by atoms with E-state index in [1.165, 1.54) is 70.5 Å². The molecule has 16 nitrogen and oxygen atoms in total. The first-order valence-electron chi connectivity index (χ1n) is 31.8. The minimum atomic E-state index is -1.18. The van der Waals surface area contributed by atoms with E-state index in [1.807, 2.05) is 88.9 Å². The van der Waals surface area contributed by atoms with Gasteiger partial charge in [-0.2, -0.15) is 19.2 Å². The van der Waals surface area contributed by atoms with Gasteiger partial charge < -0.3 is 29.5 Å². The number of hydrogen-bond acceptors (Lipinski definition) is 14. The summed E-state index contributed by atoms with van der Waals surface area (Å²) in [5, 5.41) is 32.6. The zero-order valence-electron chi connectivity index (χ0n) is 53.2. The highest BCUT2D eigenvalue weighted by Crippen LogP contribution is 2.44. The van der Waals surface area contributed by atoms with Crippen LogP contribution in [-0.4, -0.2) is 98.7 Å². The van der Waals surface area contributed by atoms with E-state index in [0.29, 0.717) is 33.8 Å². The van der Waals surface area contributed by atoms with Gasteiger partial charge in [0.2, 0.25) is 0 Å². The van der Waals surface area contributed by atoms with E-state index < -0.39 is 35.3 Å². The molecular weight excluding hydrogens is 1140 g/mol. The first kappa shape index (κ1) is 62.7. The summed E-state index contributed by atoms with van der Waals surface area (Å²) in [5.74, 6) is -0.529. The van der Waals surface area contributed by atoms with Crippen LogP contribution in [0.25, 0.3) is 32.7 Å². The Morgan fingerprint density at radius 1 is 0.580 bits per heavy atom. The molecule has 6 aliphatic rings. The maximum absolute atomic E-state index is 12.7. The molecule has 2 fully saturated rings. The van der Waals surface area contributed by atoms with Crippen molar-refractivity contribution >= 4 is 57.5 Å². The van der Waals surface area contributed by atoms with Gasteiger partial charge >= 0.3 is 11.9 Å². The molecule has 2 aromatic carbocycles. The van der Waals surface area contributed by atoms with Crippen LogP contribution in [0.5, 0.6) is 0 Å². The zero-order valence-corrected chi connectivity index (χ0v) is 54.8. The van der Waals surface area contributed by atoms with Crippen LogP contribution in [-0.2, 0) is 44.7 Å². The highest BCUT2D eigenvalue weighted by atomic mass is 32.1. The highest BCUT2D eigenvalue weighted by molar-refractivity contribution is 7.15. The number of fused-ring (bicyclic) bond motifs is 13. The van der Waals surface area contributed by atoms with Crippen LogP contribution >= 0.6 is 22.7 Å². The first-order valence-corrected chi connectivity index (χ1v) is 33.5. The van der Waals surface area contributed by atoms with Crippen molar-refractivity contribution in [2.75, 3.05) is 36.0 Å². The molecule has 6 aromatic heterocycles. The summed E-state index contributed by atoms with van der Waals surface area (Å²) < 4.78 is 16.1. The van der Waals surface area contributed by atoms with Crippen LogP contribution in [0.15, 0.2) is 85.2 Å². The molecular formula is C70H88N10O6S2. The van der Waals surface area contributed by atoms with Gasteiger partial charge in [0.15, 0.2) is 23.5 Å². The first-order chi connectivity index (χ1) is 42.0. The zero-order chi connectivity index (χ0) is 62.1. The monoisotopic (exact) mass is 1230 g/mol. The predicted octanol–water partition coefficient (Wildman–Crippen LogP) is 15.4. The maximum atomic E-state index is 12.7. The third kappa shape index (κ3) is 14.4. The molecule has 0 saturated carbocycles. The third-order valence-electron chi connectivity index (χ3n) is 18.1. The van der Waals surface area contributed by atoms with Crippen LogP contribution in [0.3, 0.4) is 0 Å². The molecule has 2 saturated heterocycles. The number of nitrogens with zero attached hydrogens (tertiary/aromatic N) is 10. The second-order valence-corrected chi connectivity index (χ2v) is 29.8. The largest absolute Gasteiger partial charge is 0.479 e. The number of carboxylic acid groups (broad SMARTS) is 2.